The summed E-state index contributed by atoms with van der Waals surface area (Å²) in [7, 11) is 0. The zero-order valence-corrected chi connectivity index (χ0v) is 15.2. The van der Waals surface area contributed by atoms with Gasteiger partial charge in [-0.25, -0.2) is 0 Å². The molecular formula is C19H21N3O3S. The molecule has 0 spiro atoms. The number of fused-ring (bicyclic) bond motifs is 1. The number of nitrogens with zero attached hydrogens (tertiary/aromatic N) is 1. The lowest BCUT2D eigenvalue weighted by atomic mass is 10.1. The predicted molar refractivity (Wildman–Crippen MR) is 99.8 cm³/mol. The summed E-state index contributed by atoms with van der Waals surface area (Å²) in [5.74, 6) is -0.562. The van der Waals surface area contributed by atoms with E-state index in [0.29, 0.717) is 12.1 Å². The fraction of sp³-hybridized carbons (Fsp3) is 0.316. The lowest BCUT2D eigenvalue weighted by Gasteiger charge is -2.27. The second-order valence-corrected chi connectivity index (χ2v) is 7.08. The summed E-state index contributed by atoms with van der Waals surface area (Å²) >= 11 is 1.74. The van der Waals surface area contributed by atoms with Crippen LogP contribution in [0.3, 0.4) is 0 Å². The van der Waals surface area contributed by atoms with E-state index in [1.807, 2.05) is 11.0 Å². The van der Waals surface area contributed by atoms with Gasteiger partial charge in [-0.15, -0.1) is 11.3 Å². The second kappa shape index (κ2) is 8.62. The molecule has 0 unspecified atom stereocenters. The van der Waals surface area contributed by atoms with Crippen molar-refractivity contribution in [1.29, 1.82) is 0 Å². The molecule has 0 bridgehead atoms. The third-order valence-electron chi connectivity index (χ3n) is 4.27. The number of thiophene rings is 1. The molecule has 136 valence electrons. The van der Waals surface area contributed by atoms with E-state index in [1.54, 1.807) is 35.6 Å². The van der Waals surface area contributed by atoms with Crippen LogP contribution in [0.5, 0.6) is 0 Å². The molecule has 1 aromatic heterocycles. The first-order valence-electron chi connectivity index (χ1n) is 8.56. The van der Waals surface area contributed by atoms with E-state index < -0.39 is 0 Å². The van der Waals surface area contributed by atoms with Crippen molar-refractivity contribution >= 4 is 29.1 Å². The normalized spacial score (nSPS) is 13.0. The Morgan fingerprint density at radius 1 is 1.08 bits per heavy atom. The number of amides is 3. The van der Waals surface area contributed by atoms with Crippen molar-refractivity contribution in [3.8, 4) is 0 Å². The van der Waals surface area contributed by atoms with Gasteiger partial charge in [0.25, 0.3) is 5.91 Å². The molecule has 0 atom stereocenters. The molecule has 26 heavy (non-hydrogen) atoms. The van der Waals surface area contributed by atoms with Crippen LogP contribution in [0.2, 0.25) is 0 Å². The van der Waals surface area contributed by atoms with E-state index >= 15 is 0 Å². The minimum absolute atomic E-state index is 0.0375. The maximum Gasteiger partial charge on any atom is 0.251 e. The zero-order valence-electron chi connectivity index (χ0n) is 14.4. The number of carbonyl (C=O) groups is 3. The smallest absolute Gasteiger partial charge is 0.251 e. The van der Waals surface area contributed by atoms with Crippen molar-refractivity contribution in [3.05, 3.63) is 57.8 Å². The summed E-state index contributed by atoms with van der Waals surface area (Å²) in [4.78, 5) is 39.1. The topological polar surface area (TPSA) is 78.5 Å². The molecule has 1 aliphatic rings. The number of hydrogen-bond acceptors (Lipinski definition) is 4. The lowest BCUT2D eigenvalue weighted by Crippen LogP contribution is -2.40. The Morgan fingerprint density at radius 2 is 1.88 bits per heavy atom. The fourth-order valence-corrected chi connectivity index (χ4v) is 3.73. The van der Waals surface area contributed by atoms with E-state index in [1.165, 1.54) is 10.4 Å². The molecule has 0 saturated carbocycles. The summed E-state index contributed by atoms with van der Waals surface area (Å²) in [5.41, 5.74) is 1.73. The van der Waals surface area contributed by atoms with Crippen LogP contribution in [0.15, 0.2) is 41.8 Å². The number of hydrogen-bond donors (Lipinski definition) is 2. The SMILES string of the molecule is O=C(CNC(=O)c1ccccc1)NCCC(=O)N1CCc2sccc2C1. The highest BCUT2D eigenvalue weighted by Gasteiger charge is 2.21. The quantitative estimate of drug-likeness (QED) is 0.809. The van der Waals surface area contributed by atoms with E-state index in [2.05, 4.69) is 22.1 Å². The number of carbonyl (C=O) groups excluding carboxylic acids is 3. The third-order valence-corrected chi connectivity index (χ3v) is 5.29. The van der Waals surface area contributed by atoms with Crippen LogP contribution < -0.4 is 10.6 Å². The standard InChI is InChI=1S/C19H21N3O3S/c23-17(12-21-19(25)14-4-2-1-3-5-14)20-9-6-18(24)22-10-7-16-15(13-22)8-11-26-16/h1-5,8,11H,6-7,9-10,12-13H2,(H,20,23)(H,21,25). The molecule has 2 heterocycles. The van der Waals surface area contributed by atoms with Crippen LogP contribution in [0.1, 0.15) is 27.2 Å². The van der Waals surface area contributed by atoms with E-state index in [-0.39, 0.29) is 37.2 Å². The molecule has 1 aromatic carbocycles. The van der Waals surface area contributed by atoms with Crippen LogP contribution in [0.4, 0.5) is 0 Å². The Balaban J connectivity index is 1.35. The average Bonchev–Trinajstić information content (AvgIpc) is 3.14. The van der Waals surface area contributed by atoms with Gasteiger partial charge in [-0.1, -0.05) is 18.2 Å². The largest absolute Gasteiger partial charge is 0.354 e. The first kappa shape index (κ1) is 18.1. The second-order valence-electron chi connectivity index (χ2n) is 6.08. The molecule has 2 N–H and O–H groups in total. The molecule has 0 radical (unpaired) electrons. The van der Waals surface area contributed by atoms with Crippen molar-refractivity contribution in [1.82, 2.24) is 15.5 Å². The highest BCUT2D eigenvalue weighted by atomic mass is 32.1. The van der Waals surface area contributed by atoms with Gasteiger partial charge in [0.05, 0.1) is 6.54 Å². The van der Waals surface area contributed by atoms with Gasteiger partial charge in [0.1, 0.15) is 0 Å². The monoisotopic (exact) mass is 371 g/mol. The summed E-state index contributed by atoms with van der Waals surface area (Å²) in [6, 6.07) is 10.8. The van der Waals surface area contributed by atoms with Gasteiger partial charge in [-0.05, 0) is 35.6 Å². The van der Waals surface area contributed by atoms with Crippen LogP contribution in [-0.2, 0) is 22.6 Å². The highest BCUT2D eigenvalue weighted by Crippen LogP contribution is 2.24. The van der Waals surface area contributed by atoms with Gasteiger partial charge in [0, 0.05) is 36.5 Å². The Bertz CT molecular complexity index is 788. The molecule has 0 fully saturated rings. The Kier molecular flexibility index (Phi) is 6.01. The maximum atomic E-state index is 12.3. The number of nitrogens with one attached hydrogen (secondary N) is 2. The molecule has 7 heteroatoms. The molecule has 2 aromatic rings. The molecular weight excluding hydrogens is 350 g/mol. The van der Waals surface area contributed by atoms with Gasteiger partial charge in [-0.3, -0.25) is 14.4 Å². The zero-order chi connectivity index (χ0) is 18.4. The van der Waals surface area contributed by atoms with E-state index in [4.69, 9.17) is 0 Å². The summed E-state index contributed by atoms with van der Waals surface area (Å²) < 4.78 is 0. The molecule has 1 aliphatic heterocycles. The van der Waals surface area contributed by atoms with Crippen LogP contribution in [-0.4, -0.2) is 42.3 Å². The Hall–Kier alpha value is -2.67. The van der Waals surface area contributed by atoms with Crippen molar-refractivity contribution in [2.75, 3.05) is 19.6 Å². The Labute approximate surface area is 156 Å². The summed E-state index contributed by atoms with van der Waals surface area (Å²) in [5, 5.41) is 7.30. The van der Waals surface area contributed by atoms with Crippen molar-refractivity contribution < 1.29 is 14.4 Å². The third kappa shape index (κ3) is 4.70. The highest BCUT2D eigenvalue weighted by molar-refractivity contribution is 7.10. The van der Waals surface area contributed by atoms with Gasteiger partial charge in [0.2, 0.25) is 11.8 Å². The van der Waals surface area contributed by atoms with E-state index in [9.17, 15) is 14.4 Å². The summed E-state index contributed by atoms with van der Waals surface area (Å²) in [6.45, 7) is 1.54. The number of benzene rings is 1. The van der Waals surface area contributed by atoms with Crippen molar-refractivity contribution in [2.45, 2.75) is 19.4 Å². The van der Waals surface area contributed by atoms with Gasteiger partial charge in [-0.2, -0.15) is 0 Å². The minimum Gasteiger partial charge on any atom is -0.354 e. The fourth-order valence-electron chi connectivity index (χ4n) is 2.84. The van der Waals surface area contributed by atoms with Crippen LogP contribution >= 0.6 is 11.3 Å². The summed E-state index contributed by atoms with van der Waals surface area (Å²) in [6.07, 6.45) is 1.16. The molecule has 3 rings (SSSR count). The molecule has 3 amide bonds. The van der Waals surface area contributed by atoms with Gasteiger partial charge in [0.15, 0.2) is 0 Å². The maximum absolute atomic E-state index is 12.3. The van der Waals surface area contributed by atoms with Gasteiger partial charge < -0.3 is 15.5 Å². The molecule has 0 aliphatic carbocycles. The molecule has 6 nitrogen and oxygen atoms in total. The predicted octanol–water partition coefficient (Wildman–Crippen LogP) is 1.57. The lowest BCUT2D eigenvalue weighted by molar-refractivity contribution is -0.132. The van der Waals surface area contributed by atoms with Crippen molar-refractivity contribution in [3.63, 3.8) is 0 Å². The number of rotatable bonds is 6. The molecule has 0 saturated heterocycles. The first-order valence-corrected chi connectivity index (χ1v) is 9.44. The van der Waals surface area contributed by atoms with Crippen LogP contribution in [0, 0.1) is 0 Å². The average molecular weight is 371 g/mol. The van der Waals surface area contributed by atoms with Crippen LogP contribution in [0.25, 0.3) is 0 Å². The van der Waals surface area contributed by atoms with Gasteiger partial charge >= 0.3 is 0 Å². The minimum atomic E-state index is -0.305. The Morgan fingerprint density at radius 3 is 2.69 bits per heavy atom. The van der Waals surface area contributed by atoms with E-state index in [0.717, 1.165) is 13.0 Å². The first-order chi connectivity index (χ1) is 12.6. The van der Waals surface area contributed by atoms with Crippen molar-refractivity contribution in [2.24, 2.45) is 0 Å².